The van der Waals surface area contributed by atoms with Crippen LogP contribution in [0, 0.1) is 23.6 Å². The van der Waals surface area contributed by atoms with E-state index in [4.69, 9.17) is 5.11 Å². The molecule has 0 saturated heterocycles. The van der Waals surface area contributed by atoms with Gasteiger partial charge in [0.15, 0.2) is 0 Å². The van der Waals surface area contributed by atoms with Crippen LogP contribution in [0.15, 0.2) is 18.2 Å². The van der Waals surface area contributed by atoms with E-state index >= 15 is 0 Å². The Bertz CT molecular complexity index is 541. The normalized spacial score (nSPS) is 15.3. The lowest BCUT2D eigenvalue weighted by Gasteiger charge is -2.13. The molecule has 0 spiro atoms. The van der Waals surface area contributed by atoms with Gasteiger partial charge in [0.05, 0.1) is 5.56 Å². The van der Waals surface area contributed by atoms with Crippen molar-refractivity contribution in [1.29, 1.82) is 0 Å². The van der Waals surface area contributed by atoms with E-state index in [1.165, 1.54) is 18.2 Å². The molecule has 0 heterocycles. The maximum absolute atomic E-state index is 13.2. The summed E-state index contributed by atoms with van der Waals surface area (Å²) in [5.74, 6) is 4.89. The lowest BCUT2D eigenvalue weighted by Crippen LogP contribution is -2.34. The molecule has 19 heavy (non-hydrogen) atoms. The van der Waals surface area contributed by atoms with E-state index in [0.29, 0.717) is 17.0 Å². The maximum Gasteiger partial charge on any atom is 0.252 e. The van der Waals surface area contributed by atoms with E-state index in [2.05, 4.69) is 17.2 Å². The van der Waals surface area contributed by atoms with Gasteiger partial charge >= 0.3 is 0 Å². The first-order valence-corrected chi connectivity index (χ1v) is 6.32. The highest BCUT2D eigenvalue weighted by molar-refractivity contribution is 5.96. The van der Waals surface area contributed by atoms with E-state index < -0.39 is 5.82 Å². The van der Waals surface area contributed by atoms with Gasteiger partial charge in [0.1, 0.15) is 12.4 Å². The summed E-state index contributed by atoms with van der Waals surface area (Å²) in [4.78, 5) is 12.1. The summed E-state index contributed by atoms with van der Waals surface area (Å²) >= 11 is 0. The van der Waals surface area contributed by atoms with Gasteiger partial charge < -0.3 is 10.4 Å². The second-order valence-electron chi connectivity index (χ2n) is 4.75. The van der Waals surface area contributed by atoms with Gasteiger partial charge in [-0.2, -0.15) is 0 Å². The summed E-state index contributed by atoms with van der Waals surface area (Å²) in [6, 6.07) is 3.99. The van der Waals surface area contributed by atoms with E-state index in [-0.39, 0.29) is 18.6 Å². The first kappa shape index (κ1) is 13.6. The van der Waals surface area contributed by atoms with Gasteiger partial charge in [-0.05, 0) is 43.9 Å². The Morgan fingerprint density at radius 3 is 2.95 bits per heavy atom. The van der Waals surface area contributed by atoms with Crippen LogP contribution in [0.3, 0.4) is 0 Å². The third kappa shape index (κ3) is 3.55. The molecule has 0 bridgehead atoms. The van der Waals surface area contributed by atoms with Gasteiger partial charge in [0, 0.05) is 11.6 Å². The van der Waals surface area contributed by atoms with Gasteiger partial charge in [-0.3, -0.25) is 4.79 Å². The van der Waals surface area contributed by atoms with Crippen LogP contribution in [-0.4, -0.2) is 23.7 Å². The molecule has 1 atom stereocenters. The molecule has 2 rings (SSSR count). The van der Waals surface area contributed by atoms with Crippen molar-refractivity contribution in [3.8, 4) is 11.8 Å². The van der Waals surface area contributed by atoms with Crippen molar-refractivity contribution in [3.63, 3.8) is 0 Å². The van der Waals surface area contributed by atoms with Gasteiger partial charge in [-0.15, -0.1) is 0 Å². The second-order valence-corrected chi connectivity index (χ2v) is 4.75. The maximum atomic E-state index is 13.2. The third-order valence-corrected chi connectivity index (χ3v) is 3.22. The number of hydrogen-bond donors (Lipinski definition) is 2. The molecule has 2 N–H and O–H groups in total. The van der Waals surface area contributed by atoms with Crippen LogP contribution < -0.4 is 5.32 Å². The third-order valence-electron chi connectivity index (χ3n) is 3.22. The first-order valence-electron chi connectivity index (χ1n) is 6.32. The Morgan fingerprint density at radius 2 is 2.32 bits per heavy atom. The average molecular weight is 261 g/mol. The molecule has 1 aliphatic rings. The number of rotatable bonds is 3. The number of carbonyl (C=O) groups excluding carboxylic acids is 1. The molecule has 1 unspecified atom stereocenters. The van der Waals surface area contributed by atoms with Crippen molar-refractivity contribution in [3.05, 3.63) is 35.1 Å². The van der Waals surface area contributed by atoms with Crippen LogP contribution in [0.1, 0.15) is 35.7 Å². The lowest BCUT2D eigenvalue weighted by atomic mass is 10.1. The number of hydrogen-bond acceptors (Lipinski definition) is 2. The molecule has 1 saturated carbocycles. The number of aliphatic hydroxyl groups excluding tert-OH is 1. The lowest BCUT2D eigenvalue weighted by molar-refractivity contribution is 0.0935. The van der Waals surface area contributed by atoms with Crippen molar-refractivity contribution in [1.82, 2.24) is 5.32 Å². The zero-order chi connectivity index (χ0) is 13.8. The van der Waals surface area contributed by atoms with E-state index in [0.717, 1.165) is 12.8 Å². The summed E-state index contributed by atoms with van der Waals surface area (Å²) in [5.41, 5.74) is 0.643. The molecule has 4 heteroatoms. The minimum absolute atomic E-state index is 0.121. The topological polar surface area (TPSA) is 49.3 Å². The Morgan fingerprint density at radius 1 is 1.58 bits per heavy atom. The first-order chi connectivity index (χ1) is 9.11. The average Bonchev–Trinajstić information content (AvgIpc) is 3.20. The van der Waals surface area contributed by atoms with Crippen LogP contribution >= 0.6 is 0 Å². The van der Waals surface area contributed by atoms with Crippen molar-refractivity contribution in [2.45, 2.75) is 25.8 Å². The van der Waals surface area contributed by atoms with Gasteiger partial charge in [-0.1, -0.05) is 11.8 Å². The van der Waals surface area contributed by atoms with E-state index in [1.54, 1.807) is 0 Å². The van der Waals surface area contributed by atoms with Crippen LogP contribution in [-0.2, 0) is 0 Å². The number of nitrogens with one attached hydrogen (secondary N) is 1. The second kappa shape index (κ2) is 5.85. The van der Waals surface area contributed by atoms with Crippen molar-refractivity contribution in [2.24, 2.45) is 5.92 Å². The summed E-state index contributed by atoms with van der Waals surface area (Å²) < 4.78 is 13.2. The molecule has 1 amide bonds. The Labute approximate surface area is 111 Å². The Hall–Kier alpha value is -1.86. The zero-order valence-corrected chi connectivity index (χ0v) is 10.7. The summed E-state index contributed by atoms with van der Waals surface area (Å²) in [5, 5.41) is 11.6. The van der Waals surface area contributed by atoms with Crippen molar-refractivity contribution >= 4 is 5.91 Å². The predicted molar refractivity (Wildman–Crippen MR) is 70.0 cm³/mol. The molecular weight excluding hydrogens is 245 g/mol. The highest BCUT2D eigenvalue weighted by Crippen LogP contribution is 2.32. The highest BCUT2D eigenvalue weighted by atomic mass is 19.1. The Balaban J connectivity index is 2.19. The molecule has 0 radical (unpaired) electrons. The molecular formula is C15H16FNO2. The number of carbonyl (C=O) groups is 1. The Kier molecular flexibility index (Phi) is 4.18. The fraction of sp³-hybridized carbons (Fsp3) is 0.400. The SMILES string of the molecule is CC(NC(=O)c1ccc(F)cc1C#CCO)C1CC1. The quantitative estimate of drug-likeness (QED) is 0.814. The van der Waals surface area contributed by atoms with Gasteiger partial charge in [0.25, 0.3) is 5.91 Å². The van der Waals surface area contributed by atoms with Crippen LogP contribution in [0.25, 0.3) is 0 Å². The van der Waals surface area contributed by atoms with Crippen LogP contribution in [0.5, 0.6) is 0 Å². The summed E-state index contributed by atoms with van der Waals surface area (Å²) in [7, 11) is 0. The predicted octanol–water partition coefficient (Wildman–Crippen LogP) is 1.70. The molecule has 0 aliphatic heterocycles. The molecule has 100 valence electrons. The molecule has 1 fully saturated rings. The van der Waals surface area contributed by atoms with E-state index in [1.807, 2.05) is 6.92 Å². The fourth-order valence-corrected chi connectivity index (χ4v) is 1.95. The fourth-order valence-electron chi connectivity index (χ4n) is 1.95. The molecule has 1 aromatic carbocycles. The molecule has 1 aromatic rings. The monoisotopic (exact) mass is 261 g/mol. The standard InChI is InChI=1S/C15H16FNO2/c1-10(11-4-5-11)17-15(19)14-7-6-13(16)9-12(14)3-2-8-18/h6-7,9-11,18H,4-5,8H2,1H3,(H,17,19). The summed E-state index contributed by atoms with van der Waals surface area (Å²) in [6.07, 6.45) is 2.28. The molecule has 0 aromatic heterocycles. The largest absolute Gasteiger partial charge is 0.384 e. The van der Waals surface area contributed by atoms with Crippen molar-refractivity contribution < 1.29 is 14.3 Å². The van der Waals surface area contributed by atoms with Crippen molar-refractivity contribution in [2.75, 3.05) is 6.61 Å². The minimum Gasteiger partial charge on any atom is -0.384 e. The smallest absolute Gasteiger partial charge is 0.252 e. The molecule has 3 nitrogen and oxygen atoms in total. The zero-order valence-electron chi connectivity index (χ0n) is 10.7. The highest BCUT2D eigenvalue weighted by Gasteiger charge is 2.29. The van der Waals surface area contributed by atoms with Crippen LogP contribution in [0.4, 0.5) is 4.39 Å². The van der Waals surface area contributed by atoms with Gasteiger partial charge in [0.2, 0.25) is 0 Å². The number of aliphatic hydroxyl groups is 1. The minimum atomic E-state index is -0.450. The summed E-state index contributed by atoms with van der Waals surface area (Å²) in [6.45, 7) is 1.65. The molecule has 1 aliphatic carbocycles. The van der Waals surface area contributed by atoms with Gasteiger partial charge in [-0.25, -0.2) is 4.39 Å². The number of halogens is 1. The van der Waals surface area contributed by atoms with Crippen LogP contribution in [0.2, 0.25) is 0 Å². The van der Waals surface area contributed by atoms with E-state index in [9.17, 15) is 9.18 Å². The number of amides is 1. The number of benzene rings is 1.